The number of hydrogen-bond donors (Lipinski definition) is 0. The number of rotatable bonds is 13. The van der Waals surface area contributed by atoms with Crippen LogP contribution in [-0.2, 0) is 21.7 Å². The molecule has 0 atom stereocenters. The number of para-hydroxylation sites is 2. The minimum atomic E-state index is -0.321. The van der Waals surface area contributed by atoms with Gasteiger partial charge in [-0.15, -0.1) is 0 Å². The van der Waals surface area contributed by atoms with Gasteiger partial charge in [0, 0.05) is 72.2 Å². The first-order valence-corrected chi connectivity index (χ1v) is 32.3. The summed E-state index contributed by atoms with van der Waals surface area (Å²) in [6, 6.07) is 105. The highest BCUT2D eigenvalue weighted by Gasteiger charge is 2.46. The van der Waals surface area contributed by atoms with Crippen molar-refractivity contribution in [2.45, 2.75) is 90.9 Å². The number of nitrogens with zero attached hydrogens (tertiary/aromatic N) is 3. The average Bonchev–Trinajstić information content (AvgIpc) is 0.992. The van der Waals surface area contributed by atoms with Crippen LogP contribution in [0.4, 0.5) is 51.2 Å². The van der Waals surface area contributed by atoms with Gasteiger partial charge in [0.1, 0.15) is 5.58 Å². The zero-order valence-corrected chi connectivity index (χ0v) is 53.9. The Morgan fingerprint density at radius 1 is 0.330 bits per heavy atom. The Labute approximate surface area is 537 Å². The molecule has 0 unspecified atom stereocenters. The molecule has 1 aromatic heterocycles. The molecule has 0 saturated carbocycles. The maximum atomic E-state index is 7.06. The molecule has 444 valence electrons. The quantitative estimate of drug-likeness (QED) is 0.107. The van der Waals surface area contributed by atoms with E-state index in [4.69, 9.17) is 4.42 Å². The van der Waals surface area contributed by atoms with Crippen molar-refractivity contribution in [1.82, 2.24) is 0 Å². The molecule has 15 rings (SSSR count). The molecule has 0 amide bonds. The van der Waals surface area contributed by atoms with Crippen LogP contribution in [0.2, 0.25) is 0 Å². The van der Waals surface area contributed by atoms with E-state index in [1.807, 2.05) is 0 Å². The molecule has 0 fully saturated rings. The molecule has 13 aromatic rings. The maximum Gasteiger partial charge on any atom is 0.252 e. The zero-order valence-electron chi connectivity index (χ0n) is 53.9. The number of hydrogen-bond acceptors (Lipinski definition) is 4. The largest absolute Gasteiger partial charge is 0.454 e. The third kappa shape index (κ3) is 9.50. The van der Waals surface area contributed by atoms with Gasteiger partial charge in [-0.05, 0) is 147 Å². The Balaban J connectivity index is 1.06. The van der Waals surface area contributed by atoms with Crippen molar-refractivity contribution in [3.05, 3.63) is 335 Å². The fourth-order valence-electron chi connectivity index (χ4n) is 15.0. The second-order valence-corrected chi connectivity index (χ2v) is 27.5. The van der Waals surface area contributed by atoms with E-state index in [-0.39, 0.29) is 28.4 Å². The normalized spacial score (nSPS) is 13.1. The van der Waals surface area contributed by atoms with Gasteiger partial charge in [0.05, 0.1) is 11.4 Å². The van der Waals surface area contributed by atoms with Gasteiger partial charge in [-0.2, -0.15) is 0 Å². The Hall–Kier alpha value is -10.1. The van der Waals surface area contributed by atoms with Crippen molar-refractivity contribution in [2.24, 2.45) is 0 Å². The highest BCUT2D eigenvalue weighted by Crippen LogP contribution is 2.52. The first-order valence-electron chi connectivity index (χ1n) is 32.3. The summed E-state index contributed by atoms with van der Waals surface area (Å²) in [6.07, 6.45) is 0. The molecular weight excluding hydrogens is 1100 g/mol. The molecule has 91 heavy (non-hydrogen) atoms. The summed E-state index contributed by atoms with van der Waals surface area (Å²) in [7, 11) is 0. The maximum absolute atomic E-state index is 7.06. The third-order valence-electron chi connectivity index (χ3n) is 20.6. The lowest BCUT2D eigenvalue weighted by atomic mass is 9.33. The van der Waals surface area contributed by atoms with Crippen LogP contribution in [0.15, 0.2) is 283 Å². The first-order chi connectivity index (χ1) is 44.0. The van der Waals surface area contributed by atoms with E-state index in [2.05, 4.69) is 363 Å². The number of aryl methyl sites for hydroxylation is 2. The molecule has 0 bridgehead atoms. The first kappa shape index (κ1) is 57.4. The van der Waals surface area contributed by atoms with Crippen LogP contribution < -0.4 is 31.1 Å². The molecule has 3 heterocycles. The van der Waals surface area contributed by atoms with Gasteiger partial charge < -0.3 is 19.1 Å². The molecule has 0 spiro atoms. The molecule has 0 radical (unpaired) electrons. The minimum Gasteiger partial charge on any atom is -0.454 e. The SMILES string of the molecule is Cc1ccc(N(c2cc3c4c(c2)N(c2ccc(C(C)(C)c5ccccc5)cc2)c2ccc(C(C)(C)c5ccccc5)cc2B4c2cc(C(C)(C)c4ccccc4)ccc2N3c2ccc(C(C)(C)c3ccccc3)cc2)c2cccc3c2oc2ccccc23)c(C)c1. The van der Waals surface area contributed by atoms with Crippen LogP contribution in [0.25, 0.3) is 21.9 Å². The van der Waals surface area contributed by atoms with Gasteiger partial charge in [0.15, 0.2) is 5.58 Å². The summed E-state index contributed by atoms with van der Waals surface area (Å²) in [5.74, 6) is 0. The van der Waals surface area contributed by atoms with E-state index in [1.54, 1.807) is 0 Å². The number of anilines is 9. The van der Waals surface area contributed by atoms with Crippen LogP contribution in [-0.4, -0.2) is 6.71 Å². The Kier molecular flexibility index (Phi) is 13.8. The Morgan fingerprint density at radius 3 is 1.18 bits per heavy atom. The van der Waals surface area contributed by atoms with Gasteiger partial charge in [0.2, 0.25) is 0 Å². The Bertz CT molecular complexity index is 4670. The van der Waals surface area contributed by atoms with Gasteiger partial charge in [-0.1, -0.05) is 273 Å². The number of fused-ring (bicyclic) bond motifs is 7. The van der Waals surface area contributed by atoms with E-state index in [0.717, 1.165) is 78.7 Å². The molecular formula is C86H76BN3O. The molecule has 2 aliphatic rings. The smallest absolute Gasteiger partial charge is 0.252 e. The summed E-state index contributed by atoms with van der Waals surface area (Å²) in [6.45, 7) is 23.1. The lowest BCUT2D eigenvalue weighted by Gasteiger charge is -2.46. The van der Waals surface area contributed by atoms with Gasteiger partial charge in [0.25, 0.3) is 6.71 Å². The van der Waals surface area contributed by atoms with Crippen molar-refractivity contribution in [3.8, 4) is 0 Å². The zero-order chi connectivity index (χ0) is 62.6. The summed E-state index contributed by atoms with van der Waals surface area (Å²) >= 11 is 0. The Morgan fingerprint density at radius 2 is 0.725 bits per heavy atom. The third-order valence-corrected chi connectivity index (χ3v) is 20.6. The van der Waals surface area contributed by atoms with Gasteiger partial charge in [-0.3, -0.25) is 0 Å². The van der Waals surface area contributed by atoms with Crippen molar-refractivity contribution in [1.29, 1.82) is 0 Å². The minimum absolute atomic E-state index is 0.185. The van der Waals surface area contributed by atoms with E-state index in [9.17, 15) is 0 Å². The van der Waals surface area contributed by atoms with Crippen LogP contribution in [0.5, 0.6) is 0 Å². The highest BCUT2D eigenvalue weighted by atomic mass is 16.3. The molecule has 4 nitrogen and oxygen atoms in total. The van der Waals surface area contributed by atoms with Crippen molar-refractivity contribution in [3.63, 3.8) is 0 Å². The fourth-order valence-corrected chi connectivity index (χ4v) is 15.0. The lowest BCUT2D eigenvalue weighted by molar-refractivity contribution is 0.641. The molecule has 0 saturated heterocycles. The standard InChI is InChI=1S/C86H76BN3O/c1-57-38-49-74(58(2)52-57)90(77-36-25-35-71-70-34-23-24-37-80(70)91-82(71)77)69-55-78-81-79(56-69)89(68-47-41-64(42-48-68)84(5,6)60-28-17-12-18-29-60)76-51-44-66(86(9,10)62-32-21-14-22-33-62)54-73(76)87(81)72-53-65(85(7,8)61-30-19-13-20-31-61)43-50-75(72)88(78)67-45-39-63(40-46-67)83(3,4)59-26-15-11-16-27-59/h11-56H,1-10H3. The van der Waals surface area contributed by atoms with Crippen LogP contribution in [0, 0.1) is 13.8 Å². The van der Waals surface area contributed by atoms with Crippen molar-refractivity contribution in [2.75, 3.05) is 14.7 Å². The van der Waals surface area contributed by atoms with Crippen LogP contribution in [0.3, 0.4) is 0 Å². The van der Waals surface area contributed by atoms with E-state index < -0.39 is 0 Å². The van der Waals surface area contributed by atoms with E-state index >= 15 is 0 Å². The predicted molar refractivity (Wildman–Crippen MR) is 386 cm³/mol. The van der Waals surface area contributed by atoms with Crippen molar-refractivity contribution < 1.29 is 4.42 Å². The van der Waals surface area contributed by atoms with Gasteiger partial charge in [-0.25, -0.2) is 0 Å². The number of benzene rings is 12. The molecule has 0 aliphatic carbocycles. The second kappa shape index (κ2) is 21.8. The summed E-state index contributed by atoms with van der Waals surface area (Å²) in [5.41, 5.74) is 26.6. The molecule has 5 heteroatoms. The van der Waals surface area contributed by atoms with E-state index in [0.29, 0.717) is 0 Å². The average molecular weight is 1180 g/mol. The van der Waals surface area contributed by atoms with Crippen molar-refractivity contribution >= 4 is 96.2 Å². The topological polar surface area (TPSA) is 22.9 Å². The highest BCUT2D eigenvalue weighted by molar-refractivity contribution is 7.00. The molecule has 2 aliphatic heterocycles. The van der Waals surface area contributed by atoms with Crippen LogP contribution in [0.1, 0.15) is 111 Å². The molecule has 0 N–H and O–H groups in total. The van der Waals surface area contributed by atoms with Crippen LogP contribution >= 0.6 is 0 Å². The summed E-state index contributed by atoms with van der Waals surface area (Å²) < 4.78 is 7.06. The summed E-state index contributed by atoms with van der Waals surface area (Å²) in [4.78, 5) is 7.64. The lowest BCUT2D eigenvalue weighted by Crippen LogP contribution is -2.61. The predicted octanol–water partition coefficient (Wildman–Crippen LogP) is 21.1. The fraction of sp³-hybridized carbons (Fsp3) is 0.163. The second-order valence-electron chi connectivity index (χ2n) is 27.5. The summed E-state index contributed by atoms with van der Waals surface area (Å²) in [5, 5.41) is 2.17. The van der Waals surface area contributed by atoms with Gasteiger partial charge >= 0.3 is 0 Å². The number of furan rings is 1. The van der Waals surface area contributed by atoms with E-state index in [1.165, 1.54) is 66.5 Å². The monoisotopic (exact) mass is 1180 g/mol. The molecule has 12 aromatic carbocycles.